The van der Waals surface area contributed by atoms with E-state index in [1.54, 1.807) is 0 Å². The molecule has 0 spiro atoms. The summed E-state index contributed by atoms with van der Waals surface area (Å²) in [6.07, 6.45) is 1.32. The molecule has 0 aromatic heterocycles. The van der Waals surface area contributed by atoms with Gasteiger partial charge in [0.05, 0.1) is 14.2 Å². The number of methoxy groups -OCH3 is 2. The fraction of sp³-hybridized carbons (Fsp3) is 0.522. The van der Waals surface area contributed by atoms with E-state index in [2.05, 4.69) is 20.1 Å². The summed E-state index contributed by atoms with van der Waals surface area (Å²) in [4.78, 5) is 59.8. The van der Waals surface area contributed by atoms with Crippen LogP contribution in [0.25, 0.3) is 0 Å². The predicted molar refractivity (Wildman–Crippen MR) is 121 cm³/mol. The molecule has 0 saturated carbocycles. The minimum atomic E-state index is -1.42. The molecule has 11 heteroatoms. The number of hydrogen-bond donors (Lipinski definition) is 3. The minimum absolute atomic E-state index is 0.0933. The van der Waals surface area contributed by atoms with Crippen LogP contribution >= 0.6 is 0 Å². The van der Waals surface area contributed by atoms with Crippen LogP contribution in [0, 0.1) is 11.8 Å². The Kier molecular flexibility index (Phi) is 12.7. The quantitative estimate of drug-likeness (QED) is 0.154. The highest BCUT2D eigenvalue weighted by atomic mass is 16.6. The first-order valence-electron chi connectivity index (χ1n) is 10.9. The van der Waals surface area contributed by atoms with Gasteiger partial charge < -0.3 is 30.6 Å². The molecule has 188 valence electrons. The van der Waals surface area contributed by atoms with Crippen LogP contribution < -0.4 is 16.4 Å². The summed E-state index contributed by atoms with van der Waals surface area (Å²) in [5.41, 5.74) is 6.27. The Morgan fingerprint density at radius 1 is 0.941 bits per heavy atom. The normalized spacial score (nSPS) is 12.2. The van der Waals surface area contributed by atoms with Gasteiger partial charge in [-0.05, 0) is 18.4 Å². The maximum absolute atomic E-state index is 12.3. The van der Waals surface area contributed by atoms with E-state index in [1.807, 2.05) is 30.3 Å². The maximum Gasteiger partial charge on any atom is 0.407 e. The Hall–Kier alpha value is -3.63. The molecule has 3 amide bonds. The smallest absolute Gasteiger partial charge is 0.407 e. The molecule has 0 aliphatic heterocycles. The number of ether oxygens (including phenoxy) is 3. The molecule has 1 aromatic rings. The molecule has 0 aliphatic rings. The SMILES string of the molecule is COC(=O)C(C(=O)OC)[C@@H](C)[C@H](NC(=O)CCCCCNC(=O)OCc1ccccc1)C(N)=O. The van der Waals surface area contributed by atoms with Crippen molar-refractivity contribution in [3.63, 3.8) is 0 Å². The number of alkyl carbamates (subject to hydrolysis) is 1. The number of primary amides is 1. The molecule has 1 aromatic carbocycles. The lowest BCUT2D eigenvalue weighted by molar-refractivity contribution is -0.162. The average molecular weight is 480 g/mol. The number of hydrogen-bond acceptors (Lipinski definition) is 8. The summed E-state index contributed by atoms with van der Waals surface area (Å²) >= 11 is 0. The average Bonchev–Trinajstić information content (AvgIpc) is 2.83. The van der Waals surface area contributed by atoms with Crippen molar-refractivity contribution in [2.45, 2.75) is 45.3 Å². The van der Waals surface area contributed by atoms with E-state index < -0.39 is 47.7 Å². The van der Waals surface area contributed by atoms with Crippen LogP contribution in [0.2, 0.25) is 0 Å². The van der Waals surface area contributed by atoms with Crippen LogP contribution in [0.5, 0.6) is 0 Å². The summed E-state index contributed by atoms with van der Waals surface area (Å²) in [7, 11) is 2.20. The van der Waals surface area contributed by atoms with Gasteiger partial charge in [-0.25, -0.2) is 4.79 Å². The van der Waals surface area contributed by atoms with Gasteiger partial charge in [-0.15, -0.1) is 0 Å². The molecular weight excluding hydrogens is 446 g/mol. The zero-order valence-electron chi connectivity index (χ0n) is 19.7. The fourth-order valence-electron chi connectivity index (χ4n) is 3.23. The monoisotopic (exact) mass is 479 g/mol. The van der Waals surface area contributed by atoms with Gasteiger partial charge in [0.15, 0.2) is 5.92 Å². The molecule has 34 heavy (non-hydrogen) atoms. The Labute approximate surface area is 198 Å². The van der Waals surface area contributed by atoms with Gasteiger partial charge in [0.2, 0.25) is 11.8 Å². The van der Waals surface area contributed by atoms with Crippen molar-refractivity contribution in [3.8, 4) is 0 Å². The summed E-state index contributed by atoms with van der Waals surface area (Å²) in [6, 6.07) is 8.03. The maximum atomic E-state index is 12.3. The number of nitrogens with one attached hydrogen (secondary N) is 2. The molecule has 11 nitrogen and oxygen atoms in total. The van der Waals surface area contributed by atoms with Crippen LogP contribution in [-0.4, -0.2) is 56.7 Å². The largest absolute Gasteiger partial charge is 0.468 e. The van der Waals surface area contributed by atoms with E-state index in [-0.39, 0.29) is 13.0 Å². The van der Waals surface area contributed by atoms with E-state index in [4.69, 9.17) is 10.5 Å². The number of amides is 3. The van der Waals surface area contributed by atoms with Crippen LogP contribution in [-0.2, 0) is 40.0 Å². The van der Waals surface area contributed by atoms with Crippen LogP contribution in [0.4, 0.5) is 4.79 Å². The lowest BCUT2D eigenvalue weighted by Gasteiger charge is -2.26. The third kappa shape index (κ3) is 9.88. The Morgan fingerprint density at radius 2 is 1.56 bits per heavy atom. The molecular formula is C23H33N3O8. The second-order valence-corrected chi connectivity index (χ2v) is 7.63. The molecule has 0 saturated heterocycles. The van der Waals surface area contributed by atoms with E-state index in [0.29, 0.717) is 25.8 Å². The summed E-state index contributed by atoms with van der Waals surface area (Å²) in [5, 5.41) is 5.11. The standard InChI is InChI=1S/C23H33N3O8/c1-15(18(21(29)32-2)22(30)33-3)19(20(24)28)26-17(27)12-8-5-9-13-25-23(31)34-14-16-10-6-4-7-11-16/h4,6-7,10-11,15,18-19H,5,8-9,12-14H2,1-3H3,(H2,24,28)(H,25,31)(H,26,27)/t15-,19+/m1/s1. The summed E-state index contributed by atoms with van der Waals surface area (Å²) in [5.74, 6) is -5.53. The van der Waals surface area contributed by atoms with Crippen molar-refractivity contribution < 1.29 is 38.2 Å². The van der Waals surface area contributed by atoms with Crippen LogP contribution in [0.3, 0.4) is 0 Å². The van der Waals surface area contributed by atoms with Gasteiger partial charge in [-0.2, -0.15) is 0 Å². The molecule has 0 heterocycles. The molecule has 0 fully saturated rings. The second kappa shape index (κ2) is 15.3. The van der Waals surface area contributed by atoms with Gasteiger partial charge in [0.1, 0.15) is 12.6 Å². The Balaban J connectivity index is 2.37. The number of esters is 2. The van der Waals surface area contributed by atoms with Crippen molar-refractivity contribution in [2.24, 2.45) is 17.6 Å². The van der Waals surface area contributed by atoms with Crippen molar-refractivity contribution in [2.75, 3.05) is 20.8 Å². The first kappa shape index (κ1) is 28.4. The highest BCUT2D eigenvalue weighted by molar-refractivity contribution is 5.97. The lowest BCUT2D eigenvalue weighted by atomic mass is 9.86. The third-order valence-electron chi connectivity index (χ3n) is 5.15. The van der Waals surface area contributed by atoms with Gasteiger partial charge in [0.25, 0.3) is 0 Å². The van der Waals surface area contributed by atoms with E-state index in [0.717, 1.165) is 19.8 Å². The highest BCUT2D eigenvalue weighted by Gasteiger charge is 2.41. The van der Waals surface area contributed by atoms with Gasteiger partial charge in [-0.3, -0.25) is 19.2 Å². The second-order valence-electron chi connectivity index (χ2n) is 7.63. The van der Waals surface area contributed by atoms with Crippen molar-refractivity contribution in [1.29, 1.82) is 0 Å². The van der Waals surface area contributed by atoms with E-state index in [1.165, 1.54) is 6.92 Å². The van der Waals surface area contributed by atoms with Crippen molar-refractivity contribution in [1.82, 2.24) is 10.6 Å². The summed E-state index contributed by atoms with van der Waals surface area (Å²) in [6.45, 7) is 1.99. The number of unbranched alkanes of at least 4 members (excludes halogenated alkanes) is 2. The van der Waals surface area contributed by atoms with Gasteiger partial charge >= 0.3 is 18.0 Å². The third-order valence-corrected chi connectivity index (χ3v) is 5.15. The molecule has 0 aliphatic carbocycles. The first-order valence-corrected chi connectivity index (χ1v) is 10.9. The molecule has 4 N–H and O–H groups in total. The molecule has 0 unspecified atom stereocenters. The number of carbonyl (C=O) groups excluding carboxylic acids is 5. The number of rotatable bonds is 14. The molecule has 1 rings (SSSR count). The highest BCUT2D eigenvalue weighted by Crippen LogP contribution is 2.20. The van der Waals surface area contributed by atoms with Gasteiger partial charge in [-0.1, -0.05) is 43.7 Å². The number of nitrogens with two attached hydrogens (primary N) is 1. The molecule has 0 bridgehead atoms. The Bertz CT molecular complexity index is 815. The van der Waals surface area contributed by atoms with E-state index >= 15 is 0 Å². The fourth-order valence-corrected chi connectivity index (χ4v) is 3.23. The topological polar surface area (TPSA) is 163 Å². The van der Waals surface area contributed by atoms with Crippen LogP contribution in [0.1, 0.15) is 38.2 Å². The number of benzene rings is 1. The van der Waals surface area contributed by atoms with Gasteiger partial charge in [0, 0.05) is 18.9 Å². The van der Waals surface area contributed by atoms with Crippen molar-refractivity contribution >= 4 is 29.8 Å². The zero-order valence-corrected chi connectivity index (χ0v) is 19.7. The predicted octanol–water partition coefficient (Wildman–Crippen LogP) is 1.04. The van der Waals surface area contributed by atoms with Crippen LogP contribution in [0.15, 0.2) is 30.3 Å². The lowest BCUT2D eigenvalue weighted by Crippen LogP contribution is -2.52. The zero-order chi connectivity index (χ0) is 25.5. The summed E-state index contributed by atoms with van der Waals surface area (Å²) < 4.78 is 14.3. The van der Waals surface area contributed by atoms with E-state index in [9.17, 15) is 24.0 Å². The molecule has 0 radical (unpaired) electrons. The minimum Gasteiger partial charge on any atom is -0.468 e. The number of carbonyl (C=O) groups is 5. The molecule has 2 atom stereocenters. The Morgan fingerprint density at radius 3 is 2.12 bits per heavy atom. The van der Waals surface area contributed by atoms with Crippen molar-refractivity contribution in [3.05, 3.63) is 35.9 Å². The first-order chi connectivity index (χ1) is 16.2.